The van der Waals surface area contributed by atoms with Crippen molar-refractivity contribution in [1.29, 1.82) is 0 Å². The fraction of sp³-hybridized carbons (Fsp3) is 0.421. The molecule has 0 aliphatic heterocycles. The number of rotatable bonds is 7. The van der Waals surface area contributed by atoms with Crippen LogP contribution in [-0.2, 0) is 17.8 Å². The van der Waals surface area contributed by atoms with Gasteiger partial charge in [0.15, 0.2) is 0 Å². The summed E-state index contributed by atoms with van der Waals surface area (Å²) in [5, 5.41) is 5.11. The molecule has 1 amide bonds. The molecule has 0 aliphatic rings. The van der Waals surface area contributed by atoms with E-state index in [1.807, 2.05) is 12.1 Å². The van der Waals surface area contributed by atoms with Crippen LogP contribution in [-0.4, -0.2) is 23.4 Å². The van der Waals surface area contributed by atoms with Crippen LogP contribution in [0, 0.1) is 6.92 Å². The lowest BCUT2D eigenvalue weighted by molar-refractivity contribution is -0.117. The van der Waals surface area contributed by atoms with Gasteiger partial charge >= 0.3 is 0 Å². The standard InChI is InChI=1S/C19H26N2OS/c1-5-16-6-8-17(9-7-16)20-19(22)13-21(14(2)3)12-18-15(4)10-11-23-18/h6-11,14H,5,12-13H2,1-4H3,(H,20,22). The van der Waals surface area contributed by atoms with Crippen LogP contribution < -0.4 is 5.32 Å². The van der Waals surface area contributed by atoms with Crippen LogP contribution in [0.1, 0.15) is 36.8 Å². The van der Waals surface area contributed by atoms with Gasteiger partial charge in [-0.1, -0.05) is 19.1 Å². The summed E-state index contributed by atoms with van der Waals surface area (Å²) >= 11 is 1.76. The number of amides is 1. The topological polar surface area (TPSA) is 32.3 Å². The summed E-state index contributed by atoms with van der Waals surface area (Å²) in [6.07, 6.45) is 1.01. The molecular formula is C19H26N2OS. The van der Waals surface area contributed by atoms with Gasteiger partial charge in [-0.05, 0) is 61.9 Å². The van der Waals surface area contributed by atoms with E-state index in [0.29, 0.717) is 12.6 Å². The van der Waals surface area contributed by atoms with E-state index in [1.165, 1.54) is 16.0 Å². The Morgan fingerprint density at radius 2 is 1.91 bits per heavy atom. The molecule has 2 aromatic rings. The molecule has 1 heterocycles. The molecule has 0 aliphatic carbocycles. The second-order valence-corrected chi connectivity index (χ2v) is 7.12. The Hall–Kier alpha value is -1.65. The molecule has 0 saturated heterocycles. The molecule has 0 bridgehead atoms. The second-order valence-electron chi connectivity index (χ2n) is 6.12. The van der Waals surface area contributed by atoms with Crippen LogP contribution >= 0.6 is 11.3 Å². The van der Waals surface area contributed by atoms with Crippen LogP contribution in [0.2, 0.25) is 0 Å². The van der Waals surface area contributed by atoms with E-state index < -0.39 is 0 Å². The van der Waals surface area contributed by atoms with E-state index in [-0.39, 0.29) is 5.91 Å². The van der Waals surface area contributed by atoms with Crippen molar-refractivity contribution in [1.82, 2.24) is 4.90 Å². The van der Waals surface area contributed by atoms with Crippen molar-refractivity contribution in [2.75, 3.05) is 11.9 Å². The number of benzene rings is 1. The van der Waals surface area contributed by atoms with Gasteiger partial charge in [0.1, 0.15) is 0 Å². The largest absolute Gasteiger partial charge is 0.325 e. The first-order valence-electron chi connectivity index (χ1n) is 8.15. The van der Waals surface area contributed by atoms with Crippen molar-refractivity contribution in [3.05, 3.63) is 51.7 Å². The van der Waals surface area contributed by atoms with Gasteiger partial charge in [-0.2, -0.15) is 0 Å². The van der Waals surface area contributed by atoms with Crippen LogP contribution in [0.15, 0.2) is 35.7 Å². The first kappa shape index (κ1) is 17.7. The van der Waals surface area contributed by atoms with Gasteiger partial charge in [0.05, 0.1) is 6.54 Å². The number of nitrogens with zero attached hydrogens (tertiary/aromatic N) is 1. The molecule has 1 aromatic heterocycles. The Morgan fingerprint density at radius 1 is 1.22 bits per heavy atom. The van der Waals surface area contributed by atoms with Gasteiger partial charge in [0.25, 0.3) is 0 Å². The number of hydrogen-bond acceptors (Lipinski definition) is 3. The van der Waals surface area contributed by atoms with Crippen molar-refractivity contribution < 1.29 is 4.79 Å². The molecule has 0 radical (unpaired) electrons. The van der Waals surface area contributed by atoms with E-state index >= 15 is 0 Å². The van der Waals surface area contributed by atoms with Crippen molar-refractivity contribution in [2.24, 2.45) is 0 Å². The second kappa shape index (κ2) is 8.27. The van der Waals surface area contributed by atoms with Crippen molar-refractivity contribution >= 4 is 22.9 Å². The zero-order valence-corrected chi connectivity index (χ0v) is 15.2. The number of aryl methyl sites for hydroxylation is 2. The molecule has 1 aromatic carbocycles. The zero-order valence-electron chi connectivity index (χ0n) is 14.4. The predicted molar refractivity (Wildman–Crippen MR) is 99.1 cm³/mol. The smallest absolute Gasteiger partial charge is 0.238 e. The third kappa shape index (κ3) is 5.19. The molecular weight excluding hydrogens is 304 g/mol. The van der Waals surface area contributed by atoms with Crippen molar-refractivity contribution in [3.63, 3.8) is 0 Å². The van der Waals surface area contributed by atoms with E-state index in [0.717, 1.165) is 18.7 Å². The maximum Gasteiger partial charge on any atom is 0.238 e. The lowest BCUT2D eigenvalue weighted by Gasteiger charge is -2.25. The van der Waals surface area contributed by atoms with Crippen molar-refractivity contribution in [3.8, 4) is 0 Å². The first-order chi connectivity index (χ1) is 11.0. The minimum absolute atomic E-state index is 0.0390. The van der Waals surface area contributed by atoms with Crippen LogP contribution in [0.4, 0.5) is 5.69 Å². The number of carbonyl (C=O) groups excluding carboxylic acids is 1. The molecule has 4 heteroatoms. The van der Waals surface area contributed by atoms with E-state index in [4.69, 9.17) is 0 Å². The van der Waals surface area contributed by atoms with Gasteiger partial charge in [-0.25, -0.2) is 0 Å². The van der Waals surface area contributed by atoms with Crippen LogP contribution in [0.3, 0.4) is 0 Å². The van der Waals surface area contributed by atoms with Gasteiger partial charge in [-0.3, -0.25) is 9.69 Å². The normalized spacial score (nSPS) is 11.2. The van der Waals surface area contributed by atoms with Gasteiger partial charge < -0.3 is 5.32 Å². The summed E-state index contributed by atoms with van der Waals surface area (Å²) < 4.78 is 0. The summed E-state index contributed by atoms with van der Waals surface area (Å²) in [5.74, 6) is 0.0390. The Bertz CT molecular complexity index is 631. The maximum atomic E-state index is 12.3. The molecule has 0 saturated carbocycles. The summed E-state index contributed by atoms with van der Waals surface area (Å²) in [6.45, 7) is 9.74. The first-order valence-corrected chi connectivity index (χ1v) is 9.03. The Kier molecular flexibility index (Phi) is 6.37. The summed E-state index contributed by atoms with van der Waals surface area (Å²) in [4.78, 5) is 15.9. The average molecular weight is 330 g/mol. The predicted octanol–water partition coefficient (Wildman–Crippen LogP) is 4.47. The zero-order chi connectivity index (χ0) is 16.8. The summed E-state index contributed by atoms with van der Waals surface area (Å²) in [6, 6.07) is 10.5. The fourth-order valence-corrected chi connectivity index (χ4v) is 3.31. The minimum atomic E-state index is 0.0390. The number of hydrogen-bond donors (Lipinski definition) is 1. The Balaban J connectivity index is 1.96. The molecule has 0 unspecified atom stereocenters. The number of carbonyl (C=O) groups is 1. The molecule has 0 spiro atoms. The van der Waals surface area contributed by atoms with Crippen LogP contribution in [0.5, 0.6) is 0 Å². The average Bonchev–Trinajstić information content (AvgIpc) is 2.92. The van der Waals surface area contributed by atoms with E-state index in [1.54, 1.807) is 11.3 Å². The number of thiophene rings is 1. The molecule has 1 N–H and O–H groups in total. The van der Waals surface area contributed by atoms with Crippen LogP contribution in [0.25, 0.3) is 0 Å². The van der Waals surface area contributed by atoms with Gasteiger partial charge in [0, 0.05) is 23.2 Å². The highest BCUT2D eigenvalue weighted by molar-refractivity contribution is 7.10. The molecule has 124 valence electrons. The lowest BCUT2D eigenvalue weighted by atomic mass is 10.1. The fourth-order valence-electron chi connectivity index (χ4n) is 2.38. The molecule has 3 nitrogen and oxygen atoms in total. The molecule has 0 fully saturated rings. The highest BCUT2D eigenvalue weighted by Gasteiger charge is 2.16. The highest BCUT2D eigenvalue weighted by atomic mass is 32.1. The quantitative estimate of drug-likeness (QED) is 0.812. The molecule has 0 atom stereocenters. The maximum absolute atomic E-state index is 12.3. The molecule has 23 heavy (non-hydrogen) atoms. The van der Waals surface area contributed by atoms with Gasteiger partial charge in [0.2, 0.25) is 5.91 Å². The highest BCUT2D eigenvalue weighted by Crippen LogP contribution is 2.19. The third-order valence-electron chi connectivity index (χ3n) is 4.04. The minimum Gasteiger partial charge on any atom is -0.325 e. The van der Waals surface area contributed by atoms with Crippen molar-refractivity contribution in [2.45, 2.75) is 46.7 Å². The lowest BCUT2D eigenvalue weighted by Crippen LogP contribution is -2.37. The number of anilines is 1. The summed E-state index contributed by atoms with van der Waals surface area (Å²) in [5.41, 5.74) is 3.44. The summed E-state index contributed by atoms with van der Waals surface area (Å²) in [7, 11) is 0. The van der Waals surface area contributed by atoms with Gasteiger partial charge in [-0.15, -0.1) is 11.3 Å². The van der Waals surface area contributed by atoms with E-state index in [2.05, 4.69) is 61.5 Å². The monoisotopic (exact) mass is 330 g/mol. The Morgan fingerprint density at radius 3 is 2.43 bits per heavy atom. The SMILES string of the molecule is CCc1ccc(NC(=O)CN(Cc2sccc2C)C(C)C)cc1. The Labute approximate surface area is 143 Å². The van der Waals surface area contributed by atoms with E-state index in [9.17, 15) is 4.79 Å². The number of nitrogens with one attached hydrogen (secondary N) is 1. The molecule has 2 rings (SSSR count). The third-order valence-corrected chi connectivity index (χ3v) is 5.05.